The number of rotatable bonds is 6. The summed E-state index contributed by atoms with van der Waals surface area (Å²) in [6.45, 7) is 13.6. The predicted octanol–water partition coefficient (Wildman–Crippen LogP) is 4.33. The molecule has 0 aromatic heterocycles. The highest BCUT2D eigenvalue weighted by atomic mass is 28.4. The molecule has 0 radical (unpaired) electrons. The quantitative estimate of drug-likeness (QED) is 0.487. The zero-order chi connectivity index (χ0) is 11.2. The number of unbranched alkanes of at least 4 members (excludes halogenated alkanes) is 2. The molecule has 0 unspecified atom stereocenters. The third kappa shape index (κ3) is 8.72. The minimum atomic E-state index is -1.51. The lowest BCUT2D eigenvalue weighted by Gasteiger charge is -2.28. The Morgan fingerprint density at radius 1 is 1.07 bits per heavy atom. The maximum absolute atomic E-state index is 6.20. The van der Waals surface area contributed by atoms with Gasteiger partial charge in [0.2, 0.25) is 0 Å². The second-order valence-corrected chi connectivity index (χ2v) is 13.9. The molecule has 3 heteroatoms. The molecule has 0 saturated carbocycles. The van der Waals surface area contributed by atoms with Crippen molar-refractivity contribution in [2.24, 2.45) is 0 Å². The highest BCUT2D eigenvalue weighted by Gasteiger charge is 2.26. The molecule has 0 heterocycles. The third-order valence-electron chi connectivity index (χ3n) is 1.81. The number of hydrogen-bond acceptors (Lipinski definition) is 1. The van der Waals surface area contributed by atoms with Crippen LogP contribution in [0.4, 0.5) is 0 Å². The molecule has 84 valence electrons. The van der Waals surface area contributed by atoms with Gasteiger partial charge >= 0.3 is 0 Å². The molecule has 0 spiro atoms. The molecule has 0 saturated heterocycles. The molecule has 0 aliphatic heterocycles. The molecule has 0 bridgehead atoms. The fourth-order valence-corrected chi connectivity index (χ4v) is 8.83. The van der Waals surface area contributed by atoms with Crippen LogP contribution in [0, 0.1) is 0 Å². The zero-order valence-corrected chi connectivity index (χ0v) is 12.7. The average molecular weight is 230 g/mol. The molecule has 14 heavy (non-hydrogen) atoms. The topological polar surface area (TPSA) is 9.23 Å². The summed E-state index contributed by atoms with van der Waals surface area (Å²) in [5.74, 6) is 0. The minimum Gasteiger partial charge on any atom is -0.453 e. The van der Waals surface area contributed by atoms with Gasteiger partial charge in [-0.15, -0.1) is 0 Å². The lowest BCUT2D eigenvalue weighted by atomic mass is 10.2. The summed E-state index contributed by atoms with van der Waals surface area (Å²) >= 11 is 0. The molecular formula is C11H26OSi2. The lowest BCUT2D eigenvalue weighted by Crippen LogP contribution is -2.40. The molecule has 0 aliphatic rings. The fraction of sp³-hybridized carbons (Fsp3) is 0.818. The van der Waals surface area contributed by atoms with Gasteiger partial charge in [0.1, 0.15) is 0 Å². The van der Waals surface area contributed by atoms with Gasteiger partial charge in [-0.3, -0.25) is 0 Å². The van der Waals surface area contributed by atoms with Crippen molar-refractivity contribution < 1.29 is 4.12 Å². The molecule has 0 fully saturated rings. The first-order valence-electron chi connectivity index (χ1n) is 5.65. The van der Waals surface area contributed by atoms with Crippen molar-refractivity contribution in [1.82, 2.24) is 0 Å². The van der Waals surface area contributed by atoms with E-state index in [-0.39, 0.29) is 0 Å². The first-order chi connectivity index (χ1) is 6.27. The van der Waals surface area contributed by atoms with Crippen LogP contribution in [0.25, 0.3) is 0 Å². The summed E-state index contributed by atoms with van der Waals surface area (Å²) in [5.41, 5.74) is 2.35. The summed E-state index contributed by atoms with van der Waals surface area (Å²) in [5, 5.41) is 0. The van der Waals surface area contributed by atoms with Crippen LogP contribution >= 0.6 is 0 Å². The maximum Gasteiger partial charge on any atom is 0.198 e. The second-order valence-electron chi connectivity index (χ2n) is 5.36. The van der Waals surface area contributed by atoms with Crippen LogP contribution in [0.5, 0.6) is 0 Å². The van der Waals surface area contributed by atoms with Crippen LogP contribution in [-0.4, -0.2) is 16.6 Å². The van der Waals surface area contributed by atoms with Crippen molar-refractivity contribution in [1.29, 1.82) is 0 Å². The Bertz CT molecular complexity index is 180. The van der Waals surface area contributed by atoms with Crippen molar-refractivity contribution in [3.8, 4) is 0 Å². The highest BCUT2D eigenvalue weighted by Crippen LogP contribution is 2.15. The molecule has 0 N–H and O–H groups in total. The Morgan fingerprint density at radius 2 is 1.64 bits per heavy atom. The van der Waals surface area contributed by atoms with E-state index in [2.05, 4.69) is 51.4 Å². The summed E-state index contributed by atoms with van der Waals surface area (Å²) < 4.78 is 6.20. The van der Waals surface area contributed by atoms with Crippen molar-refractivity contribution >= 4 is 16.6 Å². The summed E-state index contributed by atoms with van der Waals surface area (Å²) in [4.78, 5) is 0. The SMILES string of the molecule is CCCCC=C[Si](C)(C)O[Si](C)(C)C. The normalized spacial score (nSPS) is 13.9. The van der Waals surface area contributed by atoms with Crippen LogP contribution in [0.15, 0.2) is 11.8 Å². The van der Waals surface area contributed by atoms with E-state index in [9.17, 15) is 0 Å². The van der Waals surface area contributed by atoms with Crippen molar-refractivity contribution in [3.63, 3.8) is 0 Å². The molecule has 0 aromatic carbocycles. The van der Waals surface area contributed by atoms with Gasteiger partial charge in [-0.05, 0) is 39.2 Å². The van der Waals surface area contributed by atoms with Crippen molar-refractivity contribution in [2.45, 2.75) is 58.9 Å². The molecule has 1 nitrogen and oxygen atoms in total. The Morgan fingerprint density at radius 3 is 2.07 bits per heavy atom. The highest BCUT2D eigenvalue weighted by molar-refractivity contribution is 6.86. The standard InChI is InChI=1S/C11H26OSi2/c1-7-8-9-10-11-14(5,6)12-13(2,3)4/h10-11H,7-9H2,1-6H3. The Balaban J connectivity index is 4.00. The van der Waals surface area contributed by atoms with Gasteiger partial charge in [0, 0.05) is 0 Å². The van der Waals surface area contributed by atoms with Crippen LogP contribution in [-0.2, 0) is 4.12 Å². The van der Waals surface area contributed by atoms with Gasteiger partial charge in [-0.2, -0.15) is 0 Å². The first kappa shape index (κ1) is 14.1. The van der Waals surface area contributed by atoms with Gasteiger partial charge < -0.3 is 4.12 Å². The summed E-state index contributed by atoms with van der Waals surface area (Å²) in [6.07, 6.45) is 6.10. The number of hydrogen-bond donors (Lipinski definition) is 0. The summed E-state index contributed by atoms with van der Waals surface area (Å²) in [7, 11) is -2.86. The lowest BCUT2D eigenvalue weighted by molar-refractivity contribution is 0.564. The smallest absolute Gasteiger partial charge is 0.198 e. The minimum absolute atomic E-state index is 1.21. The van der Waals surface area contributed by atoms with Gasteiger partial charge in [0.05, 0.1) is 0 Å². The molecule has 0 aliphatic carbocycles. The fourth-order valence-electron chi connectivity index (χ4n) is 1.51. The van der Waals surface area contributed by atoms with Gasteiger partial charge in [0.25, 0.3) is 0 Å². The van der Waals surface area contributed by atoms with Crippen molar-refractivity contribution in [3.05, 3.63) is 11.8 Å². The largest absolute Gasteiger partial charge is 0.453 e. The van der Waals surface area contributed by atoms with Gasteiger partial charge in [0.15, 0.2) is 16.6 Å². The van der Waals surface area contributed by atoms with E-state index in [0.717, 1.165) is 0 Å². The van der Waals surface area contributed by atoms with E-state index in [1.807, 2.05) is 0 Å². The van der Waals surface area contributed by atoms with Crippen LogP contribution in [0.2, 0.25) is 32.7 Å². The average Bonchev–Trinajstić information content (AvgIpc) is 1.93. The second kappa shape index (κ2) is 5.88. The predicted molar refractivity (Wildman–Crippen MR) is 70.6 cm³/mol. The molecule has 0 atom stereocenters. The molecule has 0 aromatic rings. The Hall–Kier alpha value is 0.134. The maximum atomic E-state index is 6.20. The van der Waals surface area contributed by atoms with E-state index < -0.39 is 16.6 Å². The van der Waals surface area contributed by atoms with E-state index >= 15 is 0 Å². The number of allylic oxidation sites excluding steroid dienone is 1. The van der Waals surface area contributed by atoms with E-state index in [1.54, 1.807) is 0 Å². The monoisotopic (exact) mass is 230 g/mol. The van der Waals surface area contributed by atoms with Gasteiger partial charge in [-0.25, -0.2) is 0 Å². The van der Waals surface area contributed by atoms with Crippen LogP contribution in [0.1, 0.15) is 26.2 Å². The van der Waals surface area contributed by atoms with E-state index in [4.69, 9.17) is 4.12 Å². The summed E-state index contributed by atoms with van der Waals surface area (Å²) in [6, 6.07) is 0. The third-order valence-corrected chi connectivity index (χ3v) is 7.41. The zero-order valence-electron chi connectivity index (χ0n) is 10.7. The van der Waals surface area contributed by atoms with E-state index in [1.165, 1.54) is 19.3 Å². The Kier molecular flexibility index (Phi) is 5.94. The van der Waals surface area contributed by atoms with E-state index in [0.29, 0.717) is 0 Å². The Labute approximate surface area is 91.8 Å². The first-order valence-corrected chi connectivity index (χ1v) is 12.0. The van der Waals surface area contributed by atoms with Crippen molar-refractivity contribution in [2.75, 3.05) is 0 Å². The van der Waals surface area contributed by atoms with Gasteiger partial charge in [-0.1, -0.05) is 31.5 Å². The molecule has 0 amide bonds. The molecular weight excluding hydrogens is 204 g/mol. The molecule has 0 rings (SSSR count). The van der Waals surface area contributed by atoms with Crippen LogP contribution < -0.4 is 0 Å². The van der Waals surface area contributed by atoms with Crippen LogP contribution in [0.3, 0.4) is 0 Å².